The van der Waals surface area contributed by atoms with Crippen LogP contribution in [0.25, 0.3) is 0 Å². The third kappa shape index (κ3) is 4.72. The van der Waals surface area contributed by atoms with E-state index in [1.807, 2.05) is 6.07 Å². The van der Waals surface area contributed by atoms with Gasteiger partial charge < -0.3 is 14.6 Å². The molecule has 9 heteroatoms. The first-order valence-electron chi connectivity index (χ1n) is 8.34. The minimum Gasteiger partial charge on any atom is -0.480 e. The molecule has 1 aliphatic rings. The molecule has 0 bridgehead atoms. The number of carbonyl (C=O) groups is 2. The van der Waals surface area contributed by atoms with Crippen molar-refractivity contribution in [3.8, 4) is 5.75 Å². The molecule has 1 aliphatic heterocycles. The third-order valence-electron chi connectivity index (χ3n) is 4.07. The Morgan fingerprint density at radius 3 is 2.61 bits per heavy atom. The second-order valence-electron chi connectivity index (χ2n) is 5.94. The maximum atomic E-state index is 12.7. The average Bonchev–Trinajstić information content (AvgIpc) is 3.12. The lowest BCUT2D eigenvalue weighted by atomic mass is 10.1. The smallest absolute Gasteiger partial charge is 0.412 e. The van der Waals surface area contributed by atoms with Crippen LogP contribution < -0.4 is 4.74 Å². The van der Waals surface area contributed by atoms with Crippen molar-refractivity contribution in [1.29, 1.82) is 0 Å². The first kappa shape index (κ1) is 19.9. The molecule has 0 aliphatic carbocycles. The normalized spacial score (nSPS) is 18.9. The molecule has 6 nitrogen and oxygen atoms in total. The summed E-state index contributed by atoms with van der Waals surface area (Å²) < 4.78 is 34.6. The van der Waals surface area contributed by atoms with Crippen LogP contribution in [0.1, 0.15) is 16.5 Å². The van der Waals surface area contributed by atoms with Gasteiger partial charge in [0.15, 0.2) is 0 Å². The maximum absolute atomic E-state index is 12.7. The molecule has 28 heavy (non-hydrogen) atoms. The number of nitrogens with zero attached hydrogens (tertiary/aromatic N) is 1. The van der Waals surface area contributed by atoms with E-state index in [4.69, 9.17) is 4.74 Å². The number of benzene rings is 2. The SMILES string of the molecule is O=C(O)[C@@H]1CSC(c2cccc(OC(F)F)c2)N1C(=O)OCc1ccccc1. The number of carbonyl (C=O) groups excluding carboxylic acids is 1. The van der Waals surface area contributed by atoms with Crippen molar-refractivity contribution < 1.29 is 33.0 Å². The number of hydrogen-bond acceptors (Lipinski definition) is 5. The van der Waals surface area contributed by atoms with Crippen LogP contribution in [0, 0.1) is 0 Å². The topological polar surface area (TPSA) is 76.1 Å². The molecule has 1 heterocycles. The Bertz CT molecular complexity index is 836. The summed E-state index contributed by atoms with van der Waals surface area (Å²) in [5, 5.41) is 8.78. The standard InChI is InChI=1S/C19H17F2NO5S/c20-18(21)27-14-8-4-7-13(9-14)16-22(15(11-28-16)17(23)24)19(25)26-10-12-5-2-1-3-6-12/h1-9,15-16,18H,10-11H2,(H,23,24)/t15-,16?/m0/s1. The van der Waals surface area contributed by atoms with Crippen LogP contribution in [-0.4, -0.2) is 40.5 Å². The zero-order valence-corrected chi connectivity index (χ0v) is 15.4. The number of carboxylic acids is 1. The summed E-state index contributed by atoms with van der Waals surface area (Å²) in [6.45, 7) is -2.99. The molecule has 3 rings (SSSR count). The Labute approximate surface area is 164 Å². The van der Waals surface area contributed by atoms with Crippen molar-refractivity contribution in [2.24, 2.45) is 0 Å². The predicted molar refractivity (Wildman–Crippen MR) is 98.2 cm³/mol. The lowest BCUT2D eigenvalue weighted by molar-refractivity contribution is -0.141. The Morgan fingerprint density at radius 1 is 1.18 bits per heavy atom. The molecule has 2 aromatic rings. The molecule has 1 unspecified atom stereocenters. The molecule has 1 amide bonds. The molecular formula is C19H17F2NO5S. The van der Waals surface area contributed by atoms with Crippen molar-refractivity contribution in [3.05, 3.63) is 65.7 Å². The molecule has 148 valence electrons. The number of amides is 1. The van der Waals surface area contributed by atoms with Gasteiger partial charge >= 0.3 is 18.7 Å². The van der Waals surface area contributed by atoms with Crippen LogP contribution in [0.5, 0.6) is 5.75 Å². The molecule has 0 aromatic heterocycles. The zero-order chi connectivity index (χ0) is 20.1. The van der Waals surface area contributed by atoms with Crippen LogP contribution in [0.3, 0.4) is 0 Å². The summed E-state index contributed by atoms with van der Waals surface area (Å²) in [5.74, 6) is -1.07. The number of ether oxygens (including phenoxy) is 2. The maximum Gasteiger partial charge on any atom is 0.412 e. The van der Waals surface area contributed by atoms with E-state index in [1.54, 1.807) is 30.3 Å². The van der Waals surface area contributed by atoms with E-state index >= 15 is 0 Å². The van der Waals surface area contributed by atoms with Gasteiger partial charge in [-0.15, -0.1) is 11.8 Å². The fourth-order valence-electron chi connectivity index (χ4n) is 2.81. The van der Waals surface area contributed by atoms with Gasteiger partial charge in [0.05, 0.1) is 0 Å². The van der Waals surface area contributed by atoms with Crippen molar-refractivity contribution in [1.82, 2.24) is 4.90 Å². The Balaban J connectivity index is 1.80. The third-order valence-corrected chi connectivity index (χ3v) is 5.39. The number of rotatable bonds is 6. The van der Waals surface area contributed by atoms with E-state index < -0.39 is 30.1 Å². The lowest BCUT2D eigenvalue weighted by Crippen LogP contribution is -2.43. The van der Waals surface area contributed by atoms with E-state index in [0.717, 1.165) is 10.5 Å². The zero-order valence-electron chi connectivity index (χ0n) is 14.5. The summed E-state index contributed by atoms with van der Waals surface area (Å²) in [6, 6.07) is 13.8. The van der Waals surface area contributed by atoms with Gasteiger partial charge in [-0.2, -0.15) is 8.78 Å². The largest absolute Gasteiger partial charge is 0.480 e. The quantitative estimate of drug-likeness (QED) is 0.773. The van der Waals surface area contributed by atoms with Crippen molar-refractivity contribution in [2.75, 3.05) is 5.75 Å². The van der Waals surface area contributed by atoms with Gasteiger partial charge in [-0.1, -0.05) is 42.5 Å². The van der Waals surface area contributed by atoms with Crippen LogP contribution in [0.2, 0.25) is 0 Å². The number of carboxylic acid groups (broad SMARTS) is 1. The minimum absolute atomic E-state index is 0.00552. The molecule has 0 saturated carbocycles. The van der Waals surface area contributed by atoms with Crippen LogP contribution in [-0.2, 0) is 16.1 Å². The summed E-state index contributed by atoms with van der Waals surface area (Å²) in [6.07, 6.45) is -0.786. The molecule has 1 fully saturated rings. The minimum atomic E-state index is -2.98. The molecule has 1 N–H and O–H groups in total. The second-order valence-corrected chi connectivity index (χ2v) is 7.05. The van der Waals surface area contributed by atoms with E-state index in [2.05, 4.69) is 4.74 Å². The first-order valence-corrected chi connectivity index (χ1v) is 9.39. The number of hydrogen-bond donors (Lipinski definition) is 1. The molecule has 2 atom stereocenters. The van der Waals surface area contributed by atoms with Gasteiger partial charge in [-0.3, -0.25) is 4.90 Å². The Morgan fingerprint density at radius 2 is 1.93 bits per heavy atom. The second kappa shape index (κ2) is 8.92. The molecule has 1 saturated heterocycles. The van der Waals surface area contributed by atoms with Crippen LogP contribution in [0.15, 0.2) is 54.6 Å². The monoisotopic (exact) mass is 409 g/mol. The van der Waals surface area contributed by atoms with Crippen LogP contribution in [0.4, 0.5) is 13.6 Å². The molecule has 0 radical (unpaired) electrons. The first-order chi connectivity index (χ1) is 13.5. The highest BCUT2D eigenvalue weighted by molar-refractivity contribution is 7.99. The summed E-state index contributed by atoms with van der Waals surface area (Å²) in [7, 11) is 0. The highest BCUT2D eigenvalue weighted by Gasteiger charge is 2.43. The van der Waals surface area contributed by atoms with E-state index in [9.17, 15) is 23.5 Å². The fourth-order valence-corrected chi connectivity index (χ4v) is 4.21. The fraction of sp³-hybridized carbons (Fsp3) is 0.263. The van der Waals surface area contributed by atoms with Crippen LogP contribution >= 0.6 is 11.8 Å². The Kier molecular flexibility index (Phi) is 6.35. The average molecular weight is 409 g/mol. The lowest BCUT2D eigenvalue weighted by Gasteiger charge is -2.27. The molecule has 0 spiro atoms. The van der Waals surface area contributed by atoms with Gasteiger partial charge in [0.2, 0.25) is 0 Å². The number of alkyl halides is 2. The number of halogens is 2. The van der Waals surface area contributed by atoms with E-state index in [-0.39, 0.29) is 18.1 Å². The number of thioether (sulfide) groups is 1. The summed E-state index contributed by atoms with van der Waals surface area (Å²) in [4.78, 5) is 25.4. The highest BCUT2D eigenvalue weighted by atomic mass is 32.2. The summed E-state index contributed by atoms with van der Waals surface area (Å²) >= 11 is 1.22. The highest BCUT2D eigenvalue weighted by Crippen LogP contribution is 2.42. The van der Waals surface area contributed by atoms with Crippen molar-refractivity contribution in [2.45, 2.75) is 24.6 Å². The van der Waals surface area contributed by atoms with E-state index in [0.29, 0.717) is 5.56 Å². The number of aliphatic carboxylic acids is 1. The molecular weight excluding hydrogens is 392 g/mol. The summed E-state index contributed by atoms with van der Waals surface area (Å²) in [5.41, 5.74) is 1.24. The van der Waals surface area contributed by atoms with Gasteiger partial charge in [-0.05, 0) is 23.3 Å². The van der Waals surface area contributed by atoms with Gasteiger partial charge in [-0.25, -0.2) is 9.59 Å². The predicted octanol–water partition coefficient (Wildman–Crippen LogP) is 4.13. The Hall–Kier alpha value is -2.81. The van der Waals surface area contributed by atoms with Crippen molar-refractivity contribution >= 4 is 23.8 Å². The molecule has 2 aromatic carbocycles. The van der Waals surface area contributed by atoms with Gasteiger partial charge in [0, 0.05) is 5.75 Å². The van der Waals surface area contributed by atoms with E-state index in [1.165, 1.54) is 30.0 Å². The van der Waals surface area contributed by atoms with Gasteiger partial charge in [0.1, 0.15) is 23.8 Å². The van der Waals surface area contributed by atoms with Gasteiger partial charge in [0.25, 0.3) is 0 Å². The van der Waals surface area contributed by atoms with Crippen molar-refractivity contribution in [3.63, 3.8) is 0 Å².